The fourth-order valence-electron chi connectivity index (χ4n) is 3.50. The molecular formula is C17H22N6S. The van der Waals surface area contributed by atoms with Gasteiger partial charge in [-0.3, -0.25) is 0 Å². The third kappa shape index (κ3) is 2.78. The highest BCUT2D eigenvalue weighted by atomic mass is 32.1. The molecule has 1 fully saturated rings. The highest BCUT2D eigenvalue weighted by molar-refractivity contribution is 7.71. The number of likely N-dealkylation sites (tertiary alicyclic amines) is 1. The van der Waals surface area contributed by atoms with Crippen LogP contribution in [-0.2, 0) is 6.54 Å². The molecular weight excluding hydrogens is 320 g/mol. The summed E-state index contributed by atoms with van der Waals surface area (Å²) in [5.74, 6) is 0.893. The fourth-order valence-corrected chi connectivity index (χ4v) is 3.84. The van der Waals surface area contributed by atoms with Crippen LogP contribution < -0.4 is 5.32 Å². The molecule has 0 unspecified atom stereocenters. The Balaban J connectivity index is 1.65. The van der Waals surface area contributed by atoms with Crippen LogP contribution in [0.3, 0.4) is 0 Å². The van der Waals surface area contributed by atoms with E-state index in [4.69, 9.17) is 12.2 Å². The number of benzene rings is 1. The van der Waals surface area contributed by atoms with E-state index in [2.05, 4.69) is 48.8 Å². The zero-order valence-corrected chi connectivity index (χ0v) is 14.7. The van der Waals surface area contributed by atoms with E-state index in [1.54, 1.807) is 6.33 Å². The van der Waals surface area contributed by atoms with Crippen LogP contribution in [-0.4, -0.2) is 50.6 Å². The van der Waals surface area contributed by atoms with E-state index in [-0.39, 0.29) is 0 Å². The lowest BCUT2D eigenvalue weighted by Crippen LogP contribution is -2.26. The zero-order chi connectivity index (χ0) is 16.5. The van der Waals surface area contributed by atoms with Crippen molar-refractivity contribution in [3.63, 3.8) is 0 Å². The number of aryl methyl sites for hydroxylation is 1. The van der Waals surface area contributed by atoms with E-state index in [9.17, 15) is 0 Å². The molecule has 3 heterocycles. The van der Waals surface area contributed by atoms with Crippen LogP contribution >= 0.6 is 12.2 Å². The second-order valence-corrected chi connectivity index (χ2v) is 6.65. The van der Waals surface area contributed by atoms with E-state index >= 15 is 0 Å². The molecule has 1 saturated heterocycles. The van der Waals surface area contributed by atoms with Crippen LogP contribution in [0.5, 0.6) is 0 Å². The number of nitrogens with one attached hydrogen (secondary N) is 2. The Hall–Kier alpha value is -1.99. The Morgan fingerprint density at radius 1 is 1.25 bits per heavy atom. The molecule has 0 saturated carbocycles. The van der Waals surface area contributed by atoms with Crippen LogP contribution in [0.1, 0.15) is 19.8 Å². The average molecular weight is 342 g/mol. The molecule has 0 aliphatic carbocycles. The first-order valence-corrected chi connectivity index (χ1v) is 9.00. The van der Waals surface area contributed by atoms with Crippen LogP contribution in [0, 0.1) is 4.77 Å². The molecule has 7 heteroatoms. The Labute approximate surface area is 145 Å². The maximum Gasteiger partial charge on any atom is 0.178 e. The number of hydrogen-bond acceptors (Lipinski definition) is 5. The first-order chi connectivity index (χ1) is 11.8. The smallest absolute Gasteiger partial charge is 0.178 e. The number of hydrogen-bond donors (Lipinski definition) is 2. The maximum atomic E-state index is 5.41. The lowest BCUT2D eigenvalue weighted by atomic mass is 10.2. The summed E-state index contributed by atoms with van der Waals surface area (Å²) < 4.78 is 2.84. The van der Waals surface area contributed by atoms with Crippen LogP contribution in [0.25, 0.3) is 21.9 Å². The molecule has 2 aromatic heterocycles. The normalized spacial score (nSPS) is 15.5. The predicted molar refractivity (Wildman–Crippen MR) is 100 cm³/mol. The Morgan fingerprint density at radius 2 is 2.08 bits per heavy atom. The van der Waals surface area contributed by atoms with Crippen molar-refractivity contribution in [1.82, 2.24) is 24.4 Å². The van der Waals surface area contributed by atoms with Gasteiger partial charge in [0.05, 0.1) is 16.6 Å². The minimum absolute atomic E-state index is 0.749. The van der Waals surface area contributed by atoms with Gasteiger partial charge in [0.1, 0.15) is 12.1 Å². The number of nitrogens with zero attached hydrogens (tertiary/aromatic N) is 4. The summed E-state index contributed by atoms with van der Waals surface area (Å²) in [7, 11) is 0. The minimum atomic E-state index is 0.749. The van der Waals surface area contributed by atoms with Crippen molar-refractivity contribution in [2.75, 3.05) is 31.5 Å². The number of H-pyrrole nitrogens is 1. The van der Waals surface area contributed by atoms with Gasteiger partial charge in [-0.2, -0.15) is 0 Å². The highest BCUT2D eigenvalue weighted by Crippen LogP contribution is 2.25. The molecule has 0 spiro atoms. The van der Waals surface area contributed by atoms with Gasteiger partial charge in [-0.25, -0.2) is 9.97 Å². The monoisotopic (exact) mass is 342 g/mol. The summed E-state index contributed by atoms with van der Waals surface area (Å²) in [6.45, 7) is 7.33. The van der Waals surface area contributed by atoms with Crippen LogP contribution in [0.2, 0.25) is 0 Å². The molecule has 1 aromatic carbocycles. The fraction of sp³-hybridized carbons (Fsp3) is 0.471. The summed E-state index contributed by atoms with van der Waals surface area (Å²) in [4.78, 5) is 14.7. The van der Waals surface area contributed by atoms with Crippen molar-refractivity contribution in [2.24, 2.45) is 0 Å². The lowest BCUT2D eigenvalue weighted by Gasteiger charge is -2.15. The van der Waals surface area contributed by atoms with Crippen LogP contribution in [0.4, 0.5) is 5.82 Å². The van der Waals surface area contributed by atoms with E-state index in [0.717, 1.165) is 52.2 Å². The maximum absolute atomic E-state index is 5.41. The van der Waals surface area contributed by atoms with E-state index in [1.807, 2.05) is 0 Å². The van der Waals surface area contributed by atoms with Crippen molar-refractivity contribution in [3.05, 3.63) is 23.2 Å². The molecule has 126 valence electrons. The molecule has 1 aliphatic heterocycles. The van der Waals surface area contributed by atoms with Gasteiger partial charge in [0.25, 0.3) is 0 Å². The summed E-state index contributed by atoms with van der Waals surface area (Å²) in [5.41, 5.74) is 3.07. The number of anilines is 1. The van der Waals surface area contributed by atoms with Crippen LogP contribution in [0.15, 0.2) is 18.5 Å². The van der Waals surface area contributed by atoms with Crippen molar-refractivity contribution < 1.29 is 0 Å². The molecule has 1 aliphatic rings. The third-order valence-electron chi connectivity index (χ3n) is 4.77. The SMILES string of the molecule is CCn1c(=S)[nH]c2cc3c(NCCN4CCCC4)ncnc3cc21. The molecule has 3 aromatic rings. The van der Waals surface area contributed by atoms with Crippen molar-refractivity contribution in [3.8, 4) is 0 Å². The van der Waals surface area contributed by atoms with Gasteiger partial charge >= 0.3 is 0 Å². The Bertz CT molecular complexity index is 922. The summed E-state index contributed by atoms with van der Waals surface area (Å²) >= 11 is 5.41. The van der Waals surface area contributed by atoms with Gasteiger partial charge in [0.2, 0.25) is 0 Å². The molecule has 0 amide bonds. The number of aromatic amines is 1. The average Bonchev–Trinajstić information content (AvgIpc) is 3.19. The van der Waals surface area contributed by atoms with Gasteiger partial charge in [0.15, 0.2) is 4.77 Å². The third-order valence-corrected chi connectivity index (χ3v) is 5.09. The summed E-state index contributed by atoms with van der Waals surface area (Å²) in [5, 5.41) is 4.51. The molecule has 0 bridgehead atoms. The van der Waals surface area contributed by atoms with Crippen molar-refractivity contribution in [1.29, 1.82) is 0 Å². The second kappa shape index (κ2) is 6.49. The molecule has 24 heavy (non-hydrogen) atoms. The highest BCUT2D eigenvalue weighted by Gasteiger charge is 2.12. The molecule has 0 atom stereocenters. The number of aromatic nitrogens is 4. The first-order valence-electron chi connectivity index (χ1n) is 8.60. The quantitative estimate of drug-likeness (QED) is 0.698. The molecule has 6 nitrogen and oxygen atoms in total. The van der Waals surface area contributed by atoms with E-state index in [0.29, 0.717) is 0 Å². The Morgan fingerprint density at radius 3 is 2.88 bits per heavy atom. The van der Waals surface area contributed by atoms with Gasteiger partial charge in [-0.05, 0) is 57.2 Å². The van der Waals surface area contributed by atoms with Gasteiger partial charge < -0.3 is 19.8 Å². The van der Waals surface area contributed by atoms with E-state index in [1.165, 1.54) is 25.9 Å². The predicted octanol–water partition coefficient (Wildman–Crippen LogP) is 3.17. The summed E-state index contributed by atoms with van der Waals surface area (Å²) in [6, 6.07) is 4.19. The summed E-state index contributed by atoms with van der Waals surface area (Å²) in [6.07, 6.45) is 4.27. The lowest BCUT2D eigenvalue weighted by molar-refractivity contribution is 0.352. The van der Waals surface area contributed by atoms with Gasteiger partial charge in [0, 0.05) is 25.0 Å². The van der Waals surface area contributed by atoms with Crippen molar-refractivity contribution in [2.45, 2.75) is 26.3 Å². The largest absolute Gasteiger partial charge is 0.368 e. The van der Waals surface area contributed by atoms with Gasteiger partial charge in [-0.1, -0.05) is 0 Å². The molecule has 2 N–H and O–H groups in total. The Kier molecular flexibility index (Phi) is 4.20. The zero-order valence-electron chi connectivity index (χ0n) is 13.9. The standard InChI is InChI=1S/C17H22N6S/c1-2-23-15-10-13-12(9-14(15)21-17(23)24)16(20-11-19-13)18-5-8-22-6-3-4-7-22/h9-11H,2-8H2,1H3,(H,21,24)(H,18,19,20). The number of rotatable bonds is 5. The second-order valence-electron chi connectivity index (χ2n) is 6.26. The number of imidazole rings is 1. The number of fused-ring (bicyclic) bond motifs is 2. The van der Waals surface area contributed by atoms with Gasteiger partial charge in [-0.15, -0.1) is 0 Å². The topological polar surface area (TPSA) is 61.8 Å². The first kappa shape index (κ1) is 15.5. The van der Waals surface area contributed by atoms with Crippen molar-refractivity contribution >= 4 is 40.0 Å². The molecule has 4 rings (SSSR count). The molecule has 0 radical (unpaired) electrons. The minimum Gasteiger partial charge on any atom is -0.368 e. The van der Waals surface area contributed by atoms with E-state index < -0.39 is 0 Å².